The molecule has 0 spiro atoms. The third-order valence-electron chi connectivity index (χ3n) is 4.02. The van der Waals surface area contributed by atoms with Crippen molar-refractivity contribution >= 4 is 28.9 Å². The average Bonchev–Trinajstić information content (AvgIpc) is 3.03. The molecular formula is C16H17N7O2. The van der Waals surface area contributed by atoms with Crippen LogP contribution in [-0.2, 0) is 0 Å². The second-order valence-corrected chi connectivity index (χ2v) is 5.75. The molecule has 9 nitrogen and oxygen atoms in total. The van der Waals surface area contributed by atoms with E-state index in [1.807, 2.05) is 6.92 Å². The molecule has 3 aromatic heterocycles. The predicted octanol–water partition coefficient (Wildman–Crippen LogP) is 1.97. The van der Waals surface area contributed by atoms with E-state index in [1.54, 1.807) is 29.9 Å². The summed E-state index contributed by atoms with van der Waals surface area (Å²) in [7, 11) is 1.79. The largest absolute Gasteiger partial charge is 0.491 e. The molecule has 0 saturated carbocycles. The maximum atomic E-state index is 12.5. The van der Waals surface area contributed by atoms with Crippen molar-refractivity contribution in [3.63, 3.8) is 0 Å². The van der Waals surface area contributed by atoms with Crippen molar-refractivity contribution in [2.75, 3.05) is 24.3 Å². The summed E-state index contributed by atoms with van der Waals surface area (Å²) in [6.07, 6.45) is 2.51. The molecule has 2 N–H and O–H groups in total. The molecule has 4 bridgehead atoms. The maximum absolute atomic E-state index is 12.5. The summed E-state index contributed by atoms with van der Waals surface area (Å²) in [5, 5.41) is 18.7. The first kappa shape index (κ1) is 15.3. The number of rotatable bonds is 1. The Morgan fingerprint density at radius 2 is 2.16 bits per heavy atom. The fourth-order valence-corrected chi connectivity index (χ4v) is 2.73. The number of Topliss-reactive ketones (excluding diaryl/α,β-unsaturated/α-hetero) is 1. The van der Waals surface area contributed by atoms with Crippen molar-refractivity contribution in [1.29, 1.82) is 0 Å². The third kappa shape index (κ3) is 2.73. The number of fused-ring (bicyclic) bond motifs is 3. The first-order chi connectivity index (χ1) is 12.2. The van der Waals surface area contributed by atoms with Gasteiger partial charge in [0.1, 0.15) is 23.1 Å². The molecule has 0 aliphatic carbocycles. The van der Waals surface area contributed by atoms with E-state index < -0.39 is 0 Å². The molecule has 0 radical (unpaired) electrons. The van der Waals surface area contributed by atoms with E-state index in [9.17, 15) is 4.79 Å². The Balaban J connectivity index is 1.88. The summed E-state index contributed by atoms with van der Waals surface area (Å²) in [6, 6.07) is 3.57. The zero-order valence-electron chi connectivity index (χ0n) is 13.9. The van der Waals surface area contributed by atoms with Gasteiger partial charge < -0.3 is 15.4 Å². The number of anilines is 3. The normalized spacial score (nSPS) is 14.2. The summed E-state index contributed by atoms with van der Waals surface area (Å²) in [6.45, 7) is 2.26. The van der Waals surface area contributed by atoms with Gasteiger partial charge >= 0.3 is 0 Å². The van der Waals surface area contributed by atoms with Gasteiger partial charge in [0.15, 0.2) is 17.2 Å². The standard InChI is InChI=1S/C16H17N7O2/c1-9-12-6-14(22-21-9)19-13-7-15(17-2)23-16(20-13)10(8-18-23)11(24)4-3-5-25-12/h6-8,17H,3-5H2,1-2H3,(H,19,20,22). The first-order valence-electron chi connectivity index (χ1n) is 7.99. The molecule has 9 heteroatoms. The Morgan fingerprint density at radius 1 is 1.28 bits per heavy atom. The number of aromatic nitrogens is 5. The maximum Gasteiger partial charge on any atom is 0.170 e. The van der Waals surface area contributed by atoms with Crippen LogP contribution < -0.4 is 15.4 Å². The molecular weight excluding hydrogens is 322 g/mol. The van der Waals surface area contributed by atoms with E-state index >= 15 is 0 Å². The molecule has 0 unspecified atom stereocenters. The van der Waals surface area contributed by atoms with Gasteiger partial charge in [-0.3, -0.25) is 4.79 Å². The van der Waals surface area contributed by atoms with Crippen molar-refractivity contribution in [1.82, 2.24) is 24.8 Å². The molecule has 0 saturated heterocycles. The Hall–Kier alpha value is -3.23. The Kier molecular flexibility index (Phi) is 3.68. The van der Waals surface area contributed by atoms with Gasteiger partial charge in [-0.15, -0.1) is 10.2 Å². The van der Waals surface area contributed by atoms with Crippen LogP contribution in [0.2, 0.25) is 0 Å². The zero-order valence-corrected chi connectivity index (χ0v) is 13.9. The number of hydrogen-bond donors (Lipinski definition) is 2. The molecule has 1 aliphatic heterocycles. The molecule has 0 amide bonds. The lowest BCUT2D eigenvalue weighted by atomic mass is 10.1. The lowest BCUT2D eigenvalue weighted by Gasteiger charge is -2.11. The lowest BCUT2D eigenvalue weighted by molar-refractivity contribution is 0.0975. The Morgan fingerprint density at radius 3 is 3.00 bits per heavy atom. The number of ether oxygens (including phenoxy) is 1. The fraction of sp³-hybridized carbons (Fsp3) is 0.312. The average molecular weight is 339 g/mol. The van der Waals surface area contributed by atoms with Gasteiger partial charge in [0.05, 0.1) is 18.4 Å². The topological polar surface area (TPSA) is 106 Å². The van der Waals surface area contributed by atoms with E-state index in [1.165, 1.54) is 0 Å². The second kappa shape index (κ2) is 6.00. The Labute approximate surface area is 143 Å². The highest BCUT2D eigenvalue weighted by atomic mass is 16.5. The van der Waals surface area contributed by atoms with Crippen molar-refractivity contribution in [3.05, 3.63) is 29.6 Å². The number of aryl methyl sites for hydroxylation is 1. The fourth-order valence-electron chi connectivity index (χ4n) is 2.73. The van der Waals surface area contributed by atoms with Crippen LogP contribution in [0.4, 0.5) is 17.5 Å². The van der Waals surface area contributed by atoms with Crippen LogP contribution >= 0.6 is 0 Å². The number of nitrogens with zero attached hydrogens (tertiary/aromatic N) is 5. The smallest absolute Gasteiger partial charge is 0.170 e. The number of ketones is 1. The molecule has 4 rings (SSSR count). The van der Waals surface area contributed by atoms with Crippen LogP contribution in [0.1, 0.15) is 28.9 Å². The number of hydrogen-bond acceptors (Lipinski definition) is 8. The van der Waals surface area contributed by atoms with E-state index in [0.29, 0.717) is 59.6 Å². The van der Waals surface area contributed by atoms with Gasteiger partial charge in [0, 0.05) is 25.6 Å². The summed E-state index contributed by atoms with van der Waals surface area (Å²) in [4.78, 5) is 17.1. The molecule has 25 heavy (non-hydrogen) atoms. The minimum Gasteiger partial charge on any atom is -0.491 e. The second-order valence-electron chi connectivity index (χ2n) is 5.75. The predicted molar refractivity (Wildman–Crippen MR) is 91.6 cm³/mol. The molecule has 1 aliphatic rings. The summed E-state index contributed by atoms with van der Waals surface area (Å²) < 4.78 is 7.36. The van der Waals surface area contributed by atoms with Crippen molar-refractivity contribution in [2.45, 2.75) is 19.8 Å². The van der Waals surface area contributed by atoms with E-state index in [4.69, 9.17) is 4.74 Å². The van der Waals surface area contributed by atoms with Crippen molar-refractivity contribution in [3.8, 4) is 5.75 Å². The zero-order chi connectivity index (χ0) is 17.4. The molecule has 3 aromatic rings. The SMILES string of the molecule is CNc1cc2nc3c(cnn13)C(=O)CCCOc1cc(nnc1C)N2. The lowest BCUT2D eigenvalue weighted by Crippen LogP contribution is -2.06. The van der Waals surface area contributed by atoms with E-state index in [0.717, 1.165) is 0 Å². The van der Waals surface area contributed by atoms with Crippen molar-refractivity contribution in [2.24, 2.45) is 0 Å². The molecule has 4 heterocycles. The van der Waals surface area contributed by atoms with Crippen LogP contribution in [0, 0.1) is 6.92 Å². The van der Waals surface area contributed by atoms with Gasteiger partial charge in [-0.1, -0.05) is 0 Å². The van der Waals surface area contributed by atoms with E-state index in [-0.39, 0.29) is 5.78 Å². The van der Waals surface area contributed by atoms with Crippen LogP contribution in [-0.4, -0.2) is 44.2 Å². The highest BCUT2D eigenvalue weighted by molar-refractivity contribution is 6.01. The van der Waals surface area contributed by atoms with Crippen LogP contribution in [0.15, 0.2) is 18.3 Å². The van der Waals surface area contributed by atoms with Crippen molar-refractivity contribution < 1.29 is 9.53 Å². The summed E-state index contributed by atoms with van der Waals surface area (Å²) >= 11 is 0. The summed E-state index contributed by atoms with van der Waals surface area (Å²) in [5.41, 5.74) is 1.69. The highest BCUT2D eigenvalue weighted by Crippen LogP contribution is 2.25. The van der Waals surface area contributed by atoms with Gasteiger partial charge in [-0.25, -0.2) is 4.98 Å². The van der Waals surface area contributed by atoms with Crippen LogP contribution in [0.25, 0.3) is 5.65 Å². The third-order valence-corrected chi connectivity index (χ3v) is 4.02. The molecule has 128 valence electrons. The monoisotopic (exact) mass is 339 g/mol. The number of carbonyl (C=O) groups is 1. The van der Waals surface area contributed by atoms with Gasteiger partial charge in [-0.2, -0.15) is 9.61 Å². The molecule has 0 atom stereocenters. The van der Waals surface area contributed by atoms with E-state index in [2.05, 4.69) is 30.9 Å². The Bertz CT molecular complexity index is 967. The number of nitrogens with one attached hydrogen (secondary N) is 2. The highest BCUT2D eigenvalue weighted by Gasteiger charge is 2.18. The molecule has 0 aromatic carbocycles. The van der Waals surface area contributed by atoms with Gasteiger partial charge in [0.25, 0.3) is 0 Å². The minimum atomic E-state index is -0.00997. The van der Waals surface area contributed by atoms with Crippen LogP contribution in [0.5, 0.6) is 5.75 Å². The first-order valence-corrected chi connectivity index (χ1v) is 7.99. The van der Waals surface area contributed by atoms with Gasteiger partial charge in [-0.05, 0) is 13.3 Å². The van der Waals surface area contributed by atoms with Gasteiger partial charge in [0.2, 0.25) is 0 Å². The molecule has 0 fully saturated rings. The minimum absolute atomic E-state index is 0.00997. The summed E-state index contributed by atoms with van der Waals surface area (Å²) in [5.74, 6) is 2.39. The number of carbonyl (C=O) groups excluding carboxylic acids is 1. The van der Waals surface area contributed by atoms with Crippen LogP contribution in [0.3, 0.4) is 0 Å². The quantitative estimate of drug-likeness (QED) is 0.693.